The lowest BCUT2D eigenvalue weighted by molar-refractivity contribution is -0.117. The molecule has 0 bridgehead atoms. The van der Waals surface area contributed by atoms with Gasteiger partial charge in [0.2, 0.25) is 5.91 Å². The van der Waals surface area contributed by atoms with Crippen LogP contribution in [0.25, 0.3) is 0 Å². The van der Waals surface area contributed by atoms with E-state index in [4.69, 9.17) is 17.3 Å². The van der Waals surface area contributed by atoms with Crippen LogP contribution in [0.4, 0.5) is 11.4 Å². The average Bonchev–Trinajstić information content (AvgIpc) is 2.42. The number of amides is 1. The molecule has 0 aliphatic heterocycles. The second-order valence-electron chi connectivity index (χ2n) is 5.95. The van der Waals surface area contributed by atoms with Crippen molar-refractivity contribution < 1.29 is 4.79 Å². The van der Waals surface area contributed by atoms with Crippen LogP contribution in [0.5, 0.6) is 0 Å². The number of rotatable bonds is 8. The Balaban J connectivity index is 2.58. The molecular weight excluding hydrogens is 300 g/mol. The van der Waals surface area contributed by atoms with Crippen molar-refractivity contribution >= 4 is 28.9 Å². The molecule has 0 heterocycles. The molecule has 6 heteroatoms. The summed E-state index contributed by atoms with van der Waals surface area (Å²) in [6.45, 7) is 1.01. The molecule has 124 valence electrons. The Hall–Kier alpha value is -1.30. The third-order valence-corrected chi connectivity index (χ3v) is 3.64. The number of nitrogens with zero attached hydrogens (tertiary/aromatic N) is 2. The maximum absolute atomic E-state index is 12.2. The first-order chi connectivity index (χ1) is 10.3. The number of benzene rings is 1. The summed E-state index contributed by atoms with van der Waals surface area (Å²) in [5.74, 6) is -0.171. The SMILES string of the molecule is CN(C)CCCC[C@H](N)C(=O)Nc1cc(Cl)ccc1N(C)C. The minimum atomic E-state index is -0.504. The maximum atomic E-state index is 12.2. The monoisotopic (exact) mass is 326 g/mol. The van der Waals surface area contributed by atoms with Gasteiger partial charge in [0, 0.05) is 19.1 Å². The second-order valence-corrected chi connectivity index (χ2v) is 6.39. The van der Waals surface area contributed by atoms with Crippen LogP contribution in [0.3, 0.4) is 0 Å². The van der Waals surface area contributed by atoms with Crippen molar-refractivity contribution in [2.45, 2.75) is 25.3 Å². The van der Waals surface area contributed by atoms with Crippen molar-refractivity contribution in [3.8, 4) is 0 Å². The molecule has 0 unspecified atom stereocenters. The Morgan fingerprint density at radius 1 is 1.27 bits per heavy atom. The van der Waals surface area contributed by atoms with Gasteiger partial charge in [-0.25, -0.2) is 0 Å². The minimum Gasteiger partial charge on any atom is -0.376 e. The van der Waals surface area contributed by atoms with Crippen LogP contribution in [-0.4, -0.2) is 51.6 Å². The van der Waals surface area contributed by atoms with Crippen LogP contribution < -0.4 is 16.0 Å². The average molecular weight is 327 g/mol. The fourth-order valence-corrected chi connectivity index (χ4v) is 2.32. The second kappa shape index (κ2) is 8.98. The highest BCUT2D eigenvalue weighted by molar-refractivity contribution is 6.31. The van der Waals surface area contributed by atoms with Crippen molar-refractivity contribution in [2.24, 2.45) is 5.73 Å². The van der Waals surface area contributed by atoms with Gasteiger partial charge < -0.3 is 20.9 Å². The molecule has 0 aliphatic rings. The fourth-order valence-electron chi connectivity index (χ4n) is 2.15. The fraction of sp³-hybridized carbons (Fsp3) is 0.562. The molecule has 0 aliphatic carbocycles. The summed E-state index contributed by atoms with van der Waals surface area (Å²) in [5.41, 5.74) is 7.56. The van der Waals surface area contributed by atoms with Gasteiger partial charge in [-0.1, -0.05) is 18.0 Å². The highest BCUT2D eigenvalue weighted by Gasteiger charge is 2.15. The van der Waals surface area contributed by atoms with Crippen molar-refractivity contribution in [2.75, 3.05) is 45.0 Å². The Labute approximate surface area is 138 Å². The van der Waals surface area contributed by atoms with Gasteiger partial charge in [-0.2, -0.15) is 0 Å². The van der Waals surface area contributed by atoms with Gasteiger partial charge in [0.1, 0.15) is 0 Å². The van der Waals surface area contributed by atoms with Gasteiger partial charge in [0.25, 0.3) is 0 Å². The maximum Gasteiger partial charge on any atom is 0.241 e. The summed E-state index contributed by atoms with van der Waals surface area (Å²) in [5, 5.41) is 3.47. The molecule has 5 nitrogen and oxygen atoms in total. The van der Waals surface area contributed by atoms with Gasteiger partial charge in [-0.3, -0.25) is 4.79 Å². The standard InChI is InChI=1S/C16H27ClN4O/c1-20(2)10-6-5-7-13(18)16(22)19-14-11-12(17)8-9-15(14)21(3)4/h8-9,11,13H,5-7,10,18H2,1-4H3,(H,19,22)/t13-/m0/s1. The van der Waals surface area contributed by atoms with E-state index in [0.29, 0.717) is 17.1 Å². The van der Waals surface area contributed by atoms with Crippen LogP contribution in [0.2, 0.25) is 5.02 Å². The summed E-state index contributed by atoms with van der Waals surface area (Å²) >= 11 is 6.01. The Morgan fingerprint density at radius 3 is 2.55 bits per heavy atom. The first kappa shape index (κ1) is 18.7. The van der Waals surface area contributed by atoms with Crippen LogP contribution in [0, 0.1) is 0 Å². The lowest BCUT2D eigenvalue weighted by atomic mass is 10.1. The van der Waals surface area contributed by atoms with E-state index in [-0.39, 0.29) is 5.91 Å². The molecular formula is C16H27ClN4O. The number of hydrogen-bond acceptors (Lipinski definition) is 4. The third kappa shape index (κ3) is 6.22. The highest BCUT2D eigenvalue weighted by Crippen LogP contribution is 2.27. The van der Waals surface area contributed by atoms with Gasteiger partial charge in [-0.05, 0) is 51.7 Å². The molecule has 22 heavy (non-hydrogen) atoms. The zero-order valence-corrected chi connectivity index (χ0v) is 14.7. The summed E-state index contributed by atoms with van der Waals surface area (Å²) in [6.07, 6.45) is 2.65. The molecule has 1 rings (SSSR count). The molecule has 1 aromatic rings. The van der Waals surface area contributed by atoms with Crippen LogP contribution in [0.15, 0.2) is 18.2 Å². The molecule has 0 aromatic heterocycles. The lowest BCUT2D eigenvalue weighted by Gasteiger charge is -2.20. The molecule has 0 saturated heterocycles. The molecule has 1 amide bonds. The van der Waals surface area contributed by atoms with E-state index >= 15 is 0 Å². The van der Waals surface area contributed by atoms with Gasteiger partial charge in [0.05, 0.1) is 17.4 Å². The predicted molar refractivity (Wildman–Crippen MR) is 94.8 cm³/mol. The Kier molecular flexibility index (Phi) is 7.65. The van der Waals surface area contributed by atoms with Crippen molar-refractivity contribution in [3.05, 3.63) is 23.2 Å². The normalized spacial score (nSPS) is 12.3. The Morgan fingerprint density at radius 2 is 1.95 bits per heavy atom. The quantitative estimate of drug-likeness (QED) is 0.720. The third-order valence-electron chi connectivity index (χ3n) is 3.41. The van der Waals surface area contributed by atoms with Crippen LogP contribution in [0.1, 0.15) is 19.3 Å². The number of unbranched alkanes of at least 4 members (excludes halogenated alkanes) is 1. The summed E-state index contributed by atoms with van der Waals surface area (Å²) in [7, 11) is 7.91. The zero-order chi connectivity index (χ0) is 16.7. The van der Waals surface area contributed by atoms with Crippen molar-refractivity contribution in [3.63, 3.8) is 0 Å². The van der Waals surface area contributed by atoms with E-state index in [0.717, 1.165) is 25.1 Å². The van der Waals surface area contributed by atoms with Crippen LogP contribution >= 0.6 is 11.6 Å². The number of hydrogen-bond donors (Lipinski definition) is 2. The summed E-state index contributed by atoms with van der Waals surface area (Å²) in [6, 6.07) is 4.91. The molecule has 3 N–H and O–H groups in total. The van der Waals surface area contributed by atoms with Gasteiger partial charge in [-0.15, -0.1) is 0 Å². The first-order valence-corrected chi connectivity index (χ1v) is 7.87. The molecule has 0 radical (unpaired) electrons. The minimum absolute atomic E-state index is 0.171. The number of carbonyl (C=O) groups is 1. The van der Waals surface area contributed by atoms with E-state index < -0.39 is 6.04 Å². The zero-order valence-electron chi connectivity index (χ0n) is 13.9. The number of nitrogens with two attached hydrogens (primary N) is 1. The molecule has 0 saturated carbocycles. The van der Waals surface area contributed by atoms with Crippen LogP contribution in [-0.2, 0) is 4.79 Å². The molecule has 0 fully saturated rings. The highest BCUT2D eigenvalue weighted by atomic mass is 35.5. The molecule has 0 spiro atoms. The first-order valence-electron chi connectivity index (χ1n) is 7.49. The molecule has 1 atom stereocenters. The van der Waals surface area contributed by atoms with Gasteiger partial charge >= 0.3 is 0 Å². The number of halogens is 1. The van der Waals surface area contributed by atoms with E-state index in [1.807, 2.05) is 39.2 Å². The topological polar surface area (TPSA) is 61.6 Å². The van der Waals surface area contributed by atoms with E-state index in [2.05, 4.69) is 10.2 Å². The Bertz CT molecular complexity index is 491. The lowest BCUT2D eigenvalue weighted by Crippen LogP contribution is -2.36. The van der Waals surface area contributed by atoms with Crippen molar-refractivity contribution in [1.82, 2.24) is 4.90 Å². The van der Waals surface area contributed by atoms with Gasteiger partial charge in [0.15, 0.2) is 0 Å². The predicted octanol–water partition coefficient (Wildman–Crippen LogP) is 2.40. The smallest absolute Gasteiger partial charge is 0.241 e. The summed E-state index contributed by atoms with van der Waals surface area (Å²) in [4.78, 5) is 16.3. The largest absolute Gasteiger partial charge is 0.376 e. The number of anilines is 2. The number of carbonyl (C=O) groups excluding carboxylic acids is 1. The van der Waals surface area contributed by atoms with E-state index in [1.165, 1.54) is 0 Å². The molecule has 1 aromatic carbocycles. The van der Waals surface area contributed by atoms with E-state index in [9.17, 15) is 4.79 Å². The number of nitrogens with one attached hydrogen (secondary N) is 1. The summed E-state index contributed by atoms with van der Waals surface area (Å²) < 4.78 is 0. The van der Waals surface area contributed by atoms with E-state index in [1.54, 1.807) is 12.1 Å². The van der Waals surface area contributed by atoms with Crippen molar-refractivity contribution in [1.29, 1.82) is 0 Å².